The Hall–Kier alpha value is -2.36. The van der Waals surface area contributed by atoms with Crippen molar-refractivity contribution in [2.45, 2.75) is 4.21 Å². The van der Waals surface area contributed by atoms with Crippen LogP contribution in [0.2, 0.25) is 0 Å². The first-order valence-corrected chi connectivity index (χ1v) is 11.3. The quantitative estimate of drug-likeness (QED) is 0.708. The van der Waals surface area contributed by atoms with Gasteiger partial charge in [0.15, 0.2) is 11.5 Å². The zero-order chi connectivity index (χ0) is 19.6. The first-order valence-electron chi connectivity index (χ1n) is 8.94. The van der Waals surface area contributed by atoms with Gasteiger partial charge in [-0.15, -0.1) is 11.3 Å². The van der Waals surface area contributed by atoms with Gasteiger partial charge in [-0.3, -0.25) is 4.79 Å². The number of sulfonamides is 1. The topological polar surface area (TPSA) is 76.2 Å². The molecule has 1 saturated heterocycles. The third kappa shape index (κ3) is 3.91. The Labute approximate surface area is 167 Å². The van der Waals surface area contributed by atoms with Crippen molar-refractivity contribution >= 4 is 33.3 Å². The molecule has 7 nitrogen and oxygen atoms in total. The van der Waals surface area contributed by atoms with Gasteiger partial charge in [0.25, 0.3) is 10.0 Å². The Bertz CT molecular complexity index is 978. The van der Waals surface area contributed by atoms with E-state index < -0.39 is 10.0 Å². The molecule has 1 amide bonds. The molecule has 0 N–H and O–H groups in total. The second kappa shape index (κ2) is 7.94. The van der Waals surface area contributed by atoms with Crippen LogP contribution in [0.25, 0.3) is 6.08 Å². The Balaban J connectivity index is 1.36. The van der Waals surface area contributed by atoms with Crippen molar-refractivity contribution in [2.24, 2.45) is 0 Å². The number of fused-ring (bicyclic) bond motifs is 1. The molecule has 1 fully saturated rings. The molecule has 2 aromatic rings. The van der Waals surface area contributed by atoms with Crippen molar-refractivity contribution in [2.75, 3.05) is 39.4 Å². The number of thiophene rings is 1. The average molecular weight is 421 g/mol. The van der Waals surface area contributed by atoms with Gasteiger partial charge in [-0.25, -0.2) is 8.42 Å². The minimum atomic E-state index is -3.46. The number of carbonyl (C=O) groups excluding carboxylic acids is 1. The van der Waals surface area contributed by atoms with Crippen LogP contribution in [0.3, 0.4) is 0 Å². The number of hydrogen-bond acceptors (Lipinski definition) is 6. The smallest absolute Gasteiger partial charge is 0.252 e. The highest BCUT2D eigenvalue weighted by molar-refractivity contribution is 7.91. The molecule has 0 saturated carbocycles. The van der Waals surface area contributed by atoms with Gasteiger partial charge in [-0.05, 0) is 35.2 Å². The lowest BCUT2D eigenvalue weighted by Gasteiger charge is -2.33. The summed E-state index contributed by atoms with van der Waals surface area (Å²) < 4.78 is 37.9. The standard InChI is InChI=1S/C19H20N2O5S2/c22-18(6-4-15-3-5-16-17(14-15)26-12-11-25-16)20-7-9-21(10-8-20)28(23,24)19-2-1-13-27-19/h1-6,13-14H,7-12H2/b6-4+. The van der Waals surface area contributed by atoms with Gasteiger partial charge in [0.2, 0.25) is 5.91 Å². The highest BCUT2D eigenvalue weighted by Crippen LogP contribution is 2.31. The number of nitrogens with zero attached hydrogens (tertiary/aromatic N) is 2. The lowest BCUT2D eigenvalue weighted by molar-refractivity contribution is -0.127. The van der Waals surface area contributed by atoms with Gasteiger partial charge in [-0.1, -0.05) is 12.1 Å². The third-order valence-corrected chi connectivity index (χ3v) is 7.90. The van der Waals surface area contributed by atoms with Crippen LogP contribution in [0.5, 0.6) is 11.5 Å². The van der Waals surface area contributed by atoms with Gasteiger partial charge in [0.05, 0.1) is 0 Å². The molecule has 2 aliphatic rings. The second-order valence-electron chi connectivity index (χ2n) is 6.40. The molecule has 3 heterocycles. The van der Waals surface area contributed by atoms with E-state index in [1.54, 1.807) is 28.5 Å². The minimum absolute atomic E-state index is 0.136. The van der Waals surface area contributed by atoms with Crippen molar-refractivity contribution < 1.29 is 22.7 Å². The van der Waals surface area contributed by atoms with Crippen molar-refractivity contribution in [1.82, 2.24) is 9.21 Å². The summed E-state index contributed by atoms with van der Waals surface area (Å²) in [5, 5.41) is 1.75. The summed E-state index contributed by atoms with van der Waals surface area (Å²) in [4.78, 5) is 14.1. The van der Waals surface area contributed by atoms with Gasteiger partial charge < -0.3 is 14.4 Å². The summed E-state index contributed by atoms with van der Waals surface area (Å²) in [6.07, 6.45) is 3.24. The Morgan fingerprint density at radius 2 is 1.79 bits per heavy atom. The summed E-state index contributed by atoms with van der Waals surface area (Å²) in [7, 11) is -3.46. The zero-order valence-electron chi connectivity index (χ0n) is 15.1. The van der Waals surface area contributed by atoms with E-state index in [-0.39, 0.29) is 5.91 Å². The molecule has 4 rings (SSSR count). The second-order valence-corrected chi connectivity index (χ2v) is 9.51. The number of carbonyl (C=O) groups is 1. The van der Waals surface area contributed by atoms with Crippen LogP contribution in [-0.4, -0.2) is 62.9 Å². The maximum absolute atomic E-state index is 12.5. The third-order valence-electron chi connectivity index (χ3n) is 4.62. The van der Waals surface area contributed by atoms with Gasteiger partial charge in [0, 0.05) is 32.3 Å². The SMILES string of the molecule is O=C(/C=C/c1ccc2c(c1)OCCO2)N1CCN(S(=O)(=O)c2cccs2)CC1. The Kier molecular flexibility index (Phi) is 5.38. The number of ether oxygens (including phenoxy) is 2. The summed E-state index contributed by atoms with van der Waals surface area (Å²) in [6, 6.07) is 8.85. The van der Waals surface area contributed by atoms with Crippen molar-refractivity contribution in [1.29, 1.82) is 0 Å². The van der Waals surface area contributed by atoms with Crippen LogP contribution in [0.1, 0.15) is 5.56 Å². The number of rotatable bonds is 4. The van der Waals surface area contributed by atoms with E-state index in [9.17, 15) is 13.2 Å². The van der Waals surface area contributed by atoms with Crippen LogP contribution in [0, 0.1) is 0 Å². The molecule has 0 spiro atoms. The first kappa shape index (κ1) is 19.0. The number of hydrogen-bond donors (Lipinski definition) is 0. The molecular weight excluding hydrogens is 400 g/mol. The van der Waals surface area contributed by atoms with Crippen molar-refractivity contribution in [3.05, 3.63) is 47.4 Å². The predicted octanol–water partition coefficient (Wildman–Crippen LogP) is 2.07. The fourth-order valence-corrected chi connectivity index (χ4v) is 5.69. The summed E-state index contributed by atoms with van der Waals surface area (Å²) >= 11 is 1.21. The predicted molar refractivity (Wildman–Crippen MR) is 106 cm³/mol. The molecule has 9 heteroatoms. The highest BCUT2D eigenvalue weighted by Gasteiger charge is 2.30. The number of benzene rings is 1. The van der Waals surface area contributed by atoms with Gasteiger partial charge >= 0.3 is 0 Å². The van der Waals surface area contributed by atoms with Crippen LogP contribution < -0.4 is 9.47 Å². The van der Waals surface area contributed by atoms with Gasteiger partial charge in [0.1, 0.15) is 17.4 Å². The average Bonchev–Trinajstić information content (AvgIpc) is 3.28. The zero-order valence-corrected chi connectivity index (χ0v) is 16.7. The molecule has 148 valence electrons. The van der Waals surface area contributed by atoms with E-state index in [4.69, 9.17) is 9.47 Å². The minimum Gasteiger partial charge on any atom is -0.486 e. The lowest BCUT2D eigenvalue weighted by atomic mass is 10.1. The van der Waals surface area contributed by atoms with E-state index in [1.807, 2.05) is 18.2 Å². The largest absolute Gasteiger partial charge is 0.486 e. The van der Waals surface area contributed by atoms with Crippen LogP contribution in [0.4, 0.5) is 0 Å². The van der Waals surface area contributed by atoms with E-state index in [1.165, 1.54) is 21.7 Å². The molecule has 1 aromatic carbocycles. The van der Waals surface area contributed by atoms with E-state index in [0.717, 1.165) is 5.56 Å². The highest BCUT2D eigenvalue weighted by atomic mass is 32.2. The number of amides is 1. The maximum Gasteiger partial charge on any atom is 0.252 e. The van der Waals surface area contributed by atoms with E-state index >= 15 is 0 Å². The summed E-state index contributed by atoms with van der Waals surface area (Å²) in [5.41, 5.74) is 0.844. The summed E-state index contributed by atoms with van der Waals surface area (Å²) in [6.45, 7) is 2.38. The van der Waals surface area contributed by atoms with E-state index in [0.29, 0.717) is 55.1 Å². The molecule has 1 aromatic heterocycles. The molecule has 0 atom stereocenters. The fraction of sp³-hybridized carbons (Fsp3) is 0.316. The molecule has 0 radical (unpaired) electrons. The molecule has 28 heavy (non-hydrogen) atoms. The first-order chi connectivity index (χ1) is 13.5. The number of piperazine rings is 1. The fourth-order valence-electron chi connectivity index (χ4n) is 3.12. The molecule has 2 aliphatic heterocycles. The van der Waals surface area contributed by atoms with Crippen molar-refractivity contribution in [3.8, 4) is 11.5 Å². The Morgan fingerprint density at radius 1 is 1.04 bits per heavy atom. The monoisotopic (exact) mass is 420 g/mol. The van der Waals surface area contributed by atoms with Crippen LogP contribution in [0.15, 0.2) is 46.0 Å². The normalized spacial score (nSPS) is 17.8. The Morgan fingerprint density at radius 3 is 2.50 bits per heavy atom. The maximum atomic E-state index is 12.5. The molecule has 0 aliphatic carbocycles. The molecule has 0 bridgehead atoms. The van der Waals surface area contributed by atoms with Crippen LogP contribution in [-0.2, 0) is 14.8 Å². The molecular formula is C19H20N2O5S2. The molecule has 0 unspecified atom stereocenters. The lowest BCUT2D eigenvalue weighted by Crippen LogP contribution is -2.50. The van der Waals surface area contributed by atoms with Gasteiger partial charge in [-0.2, -0.15) is 4.31 Å². The van der Waals surface area contributed by atoms with E-state index in [2.05, 4.69) is 0 Å². The summed E-state index contributed by atoms with van der Waals surface area (Å²) in [5.74, 6) is 1.24. The van der Waals surface area contributed by atoms with Crippen LogP contribution >= 0.6 is 11.3 Å². The van der Waals surface area contributed by atoms with Crippen molar-refractivity contribution in [3.63, 3.8) is 0 Å².